The number of rotatable bonds is 14. The number of hydrogen-bond acceptors (Lipinski definition) is 5. The van der Waals surface area contributed by atoms with E-state index in [0.29, 0.717) is 75.5 Å². The van der Waals surface area contributed by atoms with E-state index in [2.05, 4.69) is 23.8 Å². The summed E-state index contributed by atoms with van der Waals surface area (Å²) in [7, 11) is 0. The number of para-hydroxylation sites is 1. The zero-order valence-electron chi connectivity index (χ0n) is 49.5. The van der Waals surface area contributed by atoms with Crippen molar-refractivity contribution in [2.75, 3.05) is 0 Å². The van der Waals surface area contributed by atoms with Crippen LogP contribution in [0.5, 0.6) is 0 Å². The molecule has 5 heteroatoms. The zero-order valence-corrected chi connectivity index (χ0v) is 39.5. The molecule has 0 atom stereocenters. The summed E-state index contributed by atoms with van der Waals surface area (Å²) in [6, 6.07) is 50.2. The van der Waals surface area contributed by atoms with Gasteiger partial charge in [0.2, 0.25) is 5.71 Å². The van der Waals surface area contributed by atoms with Gasteiger partial charge in [-0.1, -0.05) is 141 Å². The molecule has 5 aromatic carbocycles. The molecule has 346 valence electrons. The maximum Gasteiger partial charge on any atom is 0.227 e. The molecule has 0 aliphatic heterocycles. The Hall–Kier alpha value is -7.50. The predicted octanol–water partition coefficient (Wildman–Crippen LogP) is 16.2. The van der Waals surface area contributed by atoms with E-state index in [9.17, 15) is 9.60 Å². The fourth-order valence-corrected chi connectivity index (χ4v) is 9.53. The largest absolute Gasteiger partial charge is 0.437 e. The van der Waals surface area contributed by atoms with Gasteiger partial charge in [0.15, 0.2) is 0 Å². The van der Waals surface area contributed by atoms with Crippen molar-refractivity contribution in [2.45, 2.75) is 90.7 Å². The molecular weight excluding hydrogens is 853 g/mol. The minimum absolute atomic E-state index is 0.0355. The molecule has 1 fully saturated rings. The fraction of sp³-hybridized carbons (Fsp3) is 0.231. The summed E-state index contributed by atoms with van der Waals surface area (Å²) in [6.45, 7) is 2.02. The summed E-state index contributed by atoms with van der Waals surface area (Å²) in [5, 5.41) is 1.29. The Kier molecular flexibility index (Phi) is 9.85. The van der Waals surface area contributed by atoms with Gasteiger partial charge in [0.25, 0.3) is 0 Å². The van der Waals surface area contributed by atoms with Crippen LogP contribution in [0.2, 0.25) is 0 Å². The number of nitrogens with zero attached hydrogens (tertiary/aromatic N) is 4. The molecule has 70 heavy (non-hydrogen) atoms. The molecule has 0 bridgehead atoms. The molecule has 0 N–H and O–H groups in total. The van der Waals surface area contributed by atoms with Gasteiger partial charge >= 0.3 is 0 Å². The van der Waals surface area contributed by atoms with Crippen molar-refractivity contribution < 1.29 is 18.1 Å². The predicted molar refractivity (Wildman–Crippen MR) is 288 cm³/mol. The SMILES string of the molecule is [2H]C([2H])([2H])c1ccc2c(n1)oc1c(-c3cc(-c4ccc(C5([2H])CCC(C)(C)CC5)cc4)c(C([2H])([2H])C([2H])([2H])c4cc(CCc5ccc(-c6ccccc6)nc5)cc(C([2H])([2H])Cc5ccc(-c6ccccc6)nc5)c4)cn3)cccc12. The lowest BCUT2D eigenvalue weighted by Gasteiger charge is -2.34. The van der Waals surface area contributed by atoms with Crippen LogP contribution in [0.25, 0.3) is 67.0 Å². The van der Waals surface area contributed by atoms with Crippen LogP contribution in [-0.2, 0) is 38.4 Å². The molecule has 0 spiro atoms. The number of hydrogen-bond donors (Lipinski definition) is 0. The molecule has 0 radical (unpaired) electrons. The molecule has 5 heterocycles. The Morgan fingerprint density at radius 1 is 0.543 bits per heavy atom. The average molecular weight is 923 g/mol. The maximum atomic E-state index is 10.1. The fourth-order valence-electron chi connectivity index (χ4n) is 9.53. The first-order chi connectivity index (χ1) is 38.1. The van der Waals surface area contributed by atoms with E-state index < -0.39 is 31.9 Å². The van der Waals surface area contributed by atoms with E-state index in [1.165, 1.54) is 18.3 Å². The first-order valence-electron chi connectivity index (χ1n) is 29.2. The average Bonchev–Trinajstić information content (AvgIpc) is 4.02. The summed E-state index contributed by atoms with van der Waals surface area (Å²) < 4.78 is 99.1. The maximum absolute atomic E-state index is 10.1. The van der Waals surface area contributed by atoms with E-state index >= 15 is 0 Å². The van der Waals surface area contributed by atoms with Gasteiger partial charge in [-0.2, -0.15) is 0 Å². The third-order valence-electron chi connectivity index (χ3n) is 13.7. The minimum Gasteiger partial charge on any atom is -0.437 e. The first kappa shape index (κ1) is 34.7. The highest BCUT2D eigenvalue weighted by Gasteiger charge is 2.27. The number of pyridine rings is 4. The second-order valence-corrected chi connectivity index (χ2v) is 19.2. The van der Waals surface area contributed by atoms with Gasteiger partial charge in [-0.3, -0.25) is 15.0 Å². The van der Waals surface area contributed by atoms with Crippen molar-refractivity contribution in [1.29, 1.82) is 0 Å². The van der Waals surface area contributed by atoms with E-state index in [1.807, 2.05) is 134 Å². The van der Waals surface area contributed by atoms with Gasteiger partial charge < -0.3 is 4.42 Å². The van der Waals surface area contributed by atoms with Crippen LogP contribution < -0.4 is 0 Å². The highest BCUT2D eigenvalue weighted by molar-refractivity contribution is 6.08. The van der Waals surface area contributed by atoms with Crippen LogP contribution in [0.15, 0.2) is 187 Å². The van der Waals surface area contributed by atoms with Crippen LogP contribution >= 0.6 is 0 Å². The van der Waals surface area contributed by atoms with Gasteiger partial charge in [0.1, 0.15) is 5.58 Å². The van der Waals surface area contributed by atoms with Crippen LogP contribution in [0.1, 0.15) is 104 Å². The first-order valence-corrected chi connectivity index (χ1v) is 24.2. The molecular formula is C65H60N4O. The Balaban J connectivity index is 0.999. The van der Waals surface area contributed by atoms with Gasteiger partial charge in [-0.05, 0) is 169 Å². The van der Waals surface area contributed by atoms with E-state index in [0.717, 1.165) is 46.5 Å². The summed E-state index contributed by atoms with van der Waals surface area (Å²) in [6.07, 6.45) is 1.29. The van der Waals surface area contributed by atoms with Gasteiger partial charge in [0.05, 0.1) is 17.1 Å². The minimum atomic E-state index is -2.80. The van der Waals surface area contributed by atoms with Crippen molar-refractivity contribution in [3.63, 3.8) is 0 Å². The Bertz CT molecular complexity index is 3850. The van der Waals surface area contributed by atoms with E-state index in [4.69, 9.17) is 18.5 Å². The molecule has 1 saturated carbocycles. The lowest BCUT2D eigenvalue weighted by Crippen LogP contribution is -2.20. The summed E-state index contributed by atoms with van der Waals surface area (Å²) in [4.78, 5) is 18.6. The monoisotopic (exact) mass is 923 g/mol. The standard InChI is InChI=1S/C65H60N4O/c1-44-17-30-57-56-15-10-16-58(63(56)70-64(57)69-44)62-40-59(52-28-26-50(27-29-52)51-33-35-65(2,3)36-34-51)55(43-68-62)25-22-49-38-47(20-18-45-23-31-60(66-41-45)53-11-6-4-7-12-53)37-48(39-49)21-19-46-24-32-61(67-42-46)54-13-8-5-9-14-54/h4-17,23-24,26-32,37-43,51H,18-22,25,33-36H2,1-3H3/i1D3,20D2,22D2,25D2,51D. The zero-order chi connectivity index (χ0) is 56.2. The molecule has 5 aromatic heterocycles. The van der Waals surface area contributed by atoms with Crippen LogP contribution in [0.4, 0.5) is 0 Å². The second-order valence-electron chi connectivity index (χ2n) is 19.2. The second kappa shape index (κ2) is 19.8. The lowest BCUT2D eigenvalue weighted by molar-refractivity contribution is 0.224. The van der Waals surface area contributed by atoms with Crippen LogP contribution in [0.3, 0.4) is 0 Å². The van der Waals surface area contributed by atoms with Crippen LogP contribution in [-0.4, -0.2) is 19.9 Å². The molecule has 11 rings (SSSR count). The third-order valence-corrected chi connectivity index (χ3v) is 13.7. The number of aromatic nitrogens is 4. The quantitative estimate of drug-likeness (QED) is 0.109. The molecule has 1 aliphatic carbocycles. The van der Waals surface area contributed by atoms with Gasteiger partial charge in [-0.25, -0.2) is 4.98 Å². The van der Waals surface area contributed by atoms with E-state index in [-0.39, 0.29) is 39.9 Å². The summed E-state index contributed by atoms with van der Waals surface area (Å²) in [5.41, 5.74) is 9.16. The normalized spacial score (nSPS) is 17.2. The van der Waals surface area contributed by atoms with Crippen molar-refractivity contribution in [3.8, 4) is 44.9 Å². The van der Waals surface area contributed by atoms with Gasteiger partial charge in [-0.15, -0.1) is 0 Å². The van der Waals surface area contributed by atoms with Crippen molar-refractivity contribution >= 4 is 22.1 Å². The number of benzene rings is 5. The highest BCUT2D eigenvalue weighted by atomic mass is 16.3. The Labute approximate surface area is 426 Å². The molecule has 0 amide bonds. The van der Waals surface area contributed by atoms with E-state index in [1.54, 1.807) is 30.5 Å². The smallest absolute Gasteiger partial charge is 0.227 e. The molecule has 5 nitrogen and oxygen atoms in total. The Morgan fingerprint density at radius 2 is 1.19 bits per heavy atom. The highest BCUT2D eigenvalue weighted by Crippen LogP contribution is 2.43. The summed E-state index contributed by atoms with van der Waals surface area (Å²) >= 11 is 0. The third kappa shape index (κ3) is 10.1. The van der Waals surface area contributed by atoms with Gasteiger partial charge in [0, 0.05) is 65.5 Å². The van der Waals surface area contributed by atoms with Crippen molar-refractivity contribution in [2.24, 2.45) is 5.41 Å². The molecule has 0 unspecified atom stereocenters. The topological polar surface area (TPSA) is 64.7 Å². The molecule has 0 saturated heterocycles. The Morgan fingerprint density at radius 3 is 1.86 bits per heavy atom. The van der Waals surface area contributed by atoms with Crippen molar-refractivity contribution in [1.82, 2.24) is 19.9 Å². The number of fused-ring (bicyclic) bond motifs is 3. The lowest BCUT2D eigenvalue weighted by atomic mass is 9.71. The number of aryl methyl sites for hydroxylation is 7. The van der Waals surface area contributed by atoms with Crippen LogP contribution in [0, 0.1) is 12.3 Å². The molecule has 1 aliphatic rings. The summed E-state index contributed by atoms with van der Waals surface area (Å²) in [5.74, 6) is -0.797. The van der Waals surface area contributed by atoms with Crippen molar-refractivity contribution in [3.05, 3.63) is 227 Å². The number of furan rings is 1. The molecule has 10 aromatic rings.